The van der Waals surface area contributed by atoms with Gasteiger partial charge in [0.2, 0.25) is 6.41 Å². The second-order valence-electron chi connectivity index (χ2n) is 8.65. The van der Waals surface area contributed by atoms with E-state index in [4.69, 9.17) is 14.6 Å². The molecule has 7 heteroatoms. The van der Waals surface area contributed by atoms with E-state index in [1.807, 2.05) is 62.1 Å². The summed E-state index contributed by atoms with van der Waals surface area (Å²) in [5.41, 5.74) is 3.58. The molecule has 2 aromatic carbocycles. The van der Waals surface area contributed by atoms with Crippen molar-refractivity contribution in [2.75, 3.05) is 68.3 Å². The van der Waals surface area contributed by atoms with Crippen LogP contribution in [0.25, 0.3) is 6.08 Å². The zero-order valence-corrected chi connectivity index (χ0v) is 25.9. The van der Waals surface area contributed by atoms with Gasteiger partial charge in [-0.25, -0.2) is 0 Å². The van der Waals surface area contributed by atoms with Crippen LogP contribution in [0.3, 0.4) is 0 Å². The molecule has 2 aromatic rings. The fraction of sp³-hybridized carbons (Fsp3) is 0.531. The first kappa shape index (κ1) is 38.3. The predicted molar refractivity (Wildman–Crippen MR) is 165 cm³/mol. The van der Waals surface area contributed by atoms with Gasteiger partial charge in [-0.1, -0.05) is 61.9 Å². The quantitative estimate of drug-likeness (QED) is 0.372. The lowest BCUT2D eigenvalue weighted by Gasteiger charge is -2.20. The molecule has 39 heavy (non-hydrogen) atoms. The van der Waals surface area contributed by atoms with Gasteiger partial charge >= 0.3 is 0 Å². The highest BCUT2D eigenvalue weighted by molar-refractivity contribution is 5.54. The number of ether oxygens (including phenoxy) is 3. The van der Waals surface area contributed by atoms with Crippen molar-refractivity contribution >= 4 is 12.5 Å². The number of amides is 1. The van der Waals surface area contributed by atoms with Crippen LogP contribution in [-0.4, -0.2) is 89.6 Å². The molecule has 1 aliphatic rings. The van der Waals surface area contributed by atoms with E-state index in [-0.39, 0.29) is 0 Å². The van der Waals surface area contributed by atoms with Gasteiger partial charge < -0.3 is 29.1 Å². The maximum absolute atomic E-state index is 11.2. The number of aliphatic hydroxyl groups is 1. The van der Waals surface area contributed by atoms with Gasteiger partial charge in [0.15, 0.2) is 11.5 Å². The van der Waals surface area contributed by atoms with E-state index in [9.17, 15) is 4.79 Å². The molecule has 3 rings (SSSR count). The topological polar surface area (TPSA) is 71.5 Å². The van der Waals surface area contributed by atoms with Crippen molar-refractivity contribution in [3.63, 3.8) is 0 Å². The summed E-state index contributed by atoms with van der Waals surface area (Å²) in [5, 5.41) is 7.00. The number of benzene rings is 2. The van der Waals surface area contributed by atoms with Crippen molar-refractivity contribution in [3.8, 4) is 11.5 Å². The van der Waals surface area contributed by atoms with E-state index in [1.54, 1.807) is 28.4 Å². The normalized spacial score (nSPS) is 12.1. The molecule has 1 amide bonds. The zero-order valence-electron chi connectivity index (χ0n) is 25.9. The first-order valence-corrected chi connectivity index (χ1v) is 13.6. The van der Waals surface area contributed by atoms with Gasteiger partial charge in [-0.2, -0.15) is 0 Å². The molecular weight excluding hydrogens is 492 g/mol. The van der Waals surface area contributed by atoms with E-state index in [0.29, 0.717) is 0 Å². The standard InChI is InChI=1S/C18H26N2O.C9H12O2.C2H6O.C2H6.CH4O/c1-17(14-18-8-3-2-4-9-18)15-20(16-21)13-7-12-19-10-5-6-11-19;1-7-4-5-8(10-2)9(6-7)11-3;1-3-2;2*1-2/h2-4,8-9,14,16H,5-7,10-13,15H2,1H3;4-6H,1-3H3;1-2H3;1-2H3;2H,1H3/b17-14+;;;;. The van der Waals surface area contributed by atoms with E-state index >= 15 is 0 Å². The van der Waals surface area contributed by atoms with Gasteiger partial charge in [0.25, 0.3) is 0 Å². The van der Waals surface area contributed by atoms with E-state index < -0.39 is 0 Å². The van der Waals surface area contributed by atoms with E-state index in [0.717, 1.165) is 51.1 Å². The van der Waals surface area contributed by atoms with Crippen molar-refractivity contribution in [2.24, 2.45) is 0 Å². The summed E-state index contributed by atoms with van der Waals surface area (Å²) < 4.78 is 14.4. The Kier molecular flexibility index (Phi) is 26.2. The van der Waals surface area contributed by atoms with Crippen LogP contribution >= 0.6 is 0 Å². The number of methoxy groups -OCH3 is 3. The van der Waals surface area contributed by atoms with Gasteiger partial charge in [0, 0.05) is 34.4 Å². The number of carbonyl (C=O) groups is 1. The zero-order chi connectivity index (χ0) is 29.9. The van der Waals surface area contributed by atoms with Crippen LogP contribution in [0.1, 0.15) is 51.2 Å². The first-order chi connectivity index (χ1) is 19.0. The number of hydrogen-bond acceptors (Lipinski definition) is 6. The lowest BCUT2D eigenvalue weighted by molar-refractivity contribution is -0.117. The number of hydrogen-bond donors (Lipinski definition) is 1. The van der Waals surface area contributed by atoms with Crippen LogP contribution in [0.4, 0.5) is 0 Å². The summed E-state index contributed by atoms with van der Waals surface area (Å²) in [6, 6.07) is 16.1. The van der Waals surface area contributed by atoms with Crippen molar-refractivity contribution < 1.29 is 24.1 Å². The average molecular weight is 547 g/mol. The minimum atomic E-state index is 0.721. The highest BCUT2D eigenvalue weighted by Gasteiger charge is 2.11. The van der Waals surface area contributed by atoms with Crippen molar-refractivity contribution in [3.05, 3.63) is 65.2 Å². The number of rotatable bonds is 10. The van der Waals surface area contributed by atoms with Crippen molar-refractivity contribution in [1.82, 2.24) is 9.80 Å². The third-order valence-electron chi connectivity index (χ3n) is 5.47. The summed E-state index contributed by atoms with van der Waals surface area (Å²) in [7, 11) is 7.52. The molecule has 7 nitrogen and oxygen atoms in total. The number of likely N-dealkylation sites (tertiary alicyclic amines) is 1. The predicted octanol–water partition coefficient (Wildman–Crippen LogP) is 5.94. The summed E-state index contributed by atoms with van der Waals surface area (Å²) in [6.07, 6.45) is 6.85. The Balaban J connectivity index is 0. The Morgan fingerprint density at radius 1 is 0.949 bits per heavy atom. The smallest absolute Gasteiger partial charge is 0.209 e. The second kappa shape index (κ2) is 26.7. The minimum Gasteiger partial charge on any atom is -0.493 e. The number of nitrogens with zero attached hydrogens (tertiary/aromatic N) is 2. The molecule has 1 saturated heterocycles. The lowest BCUT2D eigenvalue weighted by Crippen LogP contribution is -2.29. The van der Waals surface area contributed by atoms with Gasteiger partial charge in [0.1, 0.15) is 0 Å². The molecule has 0 spiro atoms. The van der Waals surface area contributed by atoms with Crippen LogP contribution in [0.5, 0.6) is 11.5 Å². The third kappa shape index (κ3) is 18.9. The summed E-state index contributed by atoms with van der Waals surface area (Å²) in [4.78, 5) is 15.6. The third-order valence-corrected chi connectivity index (χ3v) is 5.47. The fourth-order valence-corrected chi connectivity index (χ4v) is 3.82. The van der Waals surface area contributed by atoms with Crippen molar-refractivity contribution in [1.29, 1.82) is 0 Å². The van der Waals surface area contributed by atoms with E-state index in [1.165, 1.54) is 42.6 Å². The van der Waals surface area contributed by atoms with Gasteiger partial charge in [-0.05, 0) is 76.0 Å². The summed E-state index contributed by atoms with van der Waals surface area (Å²) in [6.45, 7) is 13.2. The highest BCUT2D eigenvalue weighted by Crippen LogP contribution is 2.26. The van der Waals surface area contributed by atoms with Gasteiger partial charge in [-0.3, -0.25) is 4.79 Å². The largest absolute Gasteiger partial charge is 0.493 e. The van der Waals surface area contributed by atoms with Crippen LogP contribution < -0.4 is 9.47 Å². The Hall–Kier alpha value is -2.87. The molecule has 0 unspecified atom stereocenters. The molecule has 0 aromatic heterocycles. The Bertz CT molecular complexity index is 853. The van der Waals surface area contributed by atoms with Crippen LogP contribution in [0.15, 0.2) is 54.1 Å². The molecule has 0 atom stereocenters. The fourth-order valence-electron chi connectivity index (χ4n) is 3.82. The van der Waals surface area contributed by atoms with Gasteiger partial charge in [0.05, 0.1) is 14.2 Å². The number of aliphatic hydroxyl groups excluding tert-OH is 1. The van der Waals surface area contributed by atoms with Crippen molar-refractivity contribution in [2.45, 2.75) is 47.0 Å². The molecule has 222 valence electrons. The number of carbonyl (C=O) groups excluding carboxylic acids is 1. The second-order valence-corrected chi connectivity index (χ2v) is 8.65. The lowest BCUT2D eigenvalue weighted by atomic mass is 10.1. The summed E-state index contributed by atoms with van der Waals surface area (Å²) >= 11 is 0. The average Bonchev–Trinajstić information content (AvgIpc) is 3.49. The minimum absolute atomic E-state index is 0.721. The molecule has 0 saturated carbocycles. The van der Waals surface area contributed by atoms with Gasteiger partial charge in [-0.15, -0.1) is 0 Å². The SMILES string of the molecule is C/C(=C\c1ccccc1)CN(C=O)CCCN1CCCC1.CC.CO.COC.COc1ccc(C)cc1OC. The molecule has 0 bridgehead atoms. The Morgan fingerprint density at radius 3 is 2.03 bits per heavy atom. The van der Waals surface area contributed by atoms with Crippen LogP contribution in [-0.2, 0) is 9.53 Å². The molecule has 1 aliphatic heterocycles. The first-order valence-electron chi connectivity index (χ1n) is 13.6. The molecular formula is C32H54N2O5. The monoisotopic (exact) mass is 546 g/mol. The van der Waals surface area contributed by atoms with Crippen LogP contribution in [0.2, 0.25) is 0 Å². The highest BCUT2D eigenvalue weighted by atomic mass is 16.5. The van der Waals surface area contributed by atoms with E-state index in [2.05, 4.69) is 34.8 Å². The molecule has 1 N–H and O–H groups in total. The number of aryl methyl sites for hydroxylation is 1. The molecule has 1 heterocycles. The molecule has 1 fully saturated rings. The molecule has 0 aliphatic carbocycles. The maximum Gasteiger partial charge on any atom is 0.209 e. The van der Waals surface area contributed by atoms with Crippen LogP contribution in [0, 0.1) is 6.92 Å². The Morgan fingerprint density at radius 2 is 1.51 bits per heavy atom. The maximum atomic E-state index is 11.2. The Labute approximate surface area is 238 Å². The molecule has 0 radical (unpaired) electrons. The summed E-state index contributed by atoms with van der Waals surface area (Å²) in [5.74, 6) is 1.56.